The maximum absolute atomic E-state index is 12.3. The zero-order chi connectivity index (χ0) is 16.0. The average Bonchev–Trinajstić information content (AvgIpc) is 3.16. The van der Waals surface area contributed by atoms with Crippen LogP contribution in [0.25, 0.3) is 0 Å². The summed E-state index contributed by atoms with van der Waals surface area (Å²) in [5.41, 5.74) is 4.32. The van der Waals surface area contributed by atoms with Crippen LogP contribution in [0.15, 0.2) is 9.90 Å². The Morgan fingerprint density at radius 3 is 3.00 bits per heavy atom. The van der Waals surface area contributed by atoms with Crippen LogP contribution in [0.4, 0.5) is 0 Å². The number of amides is 1. The lowest BCUT2D eigenvalue weighted by atomic mass is 10.0. The molecule has 0 aromatic carbocycles. The third-order valence-electron chi connectivity index (χ3n) is 4.75. The third-order valence-corrected chi connectivity index (χ3v) is 5.76. The van der Waals surface area contributed by atoms with E-state index in [2.05, 4.69) is 15.4 Å². The fourth-order valence-electron chi connectivity index (χ4n) is 3.15. The predicted molar refractivity (Wildman–Crippen MR) is 88.6 cm³/mol. The molecule has 1 aliphatic carbocycles. The van der Waals surface area contributed by atoms with Crippen molar-refractivity contribution in [1.29, 1.82) is 0 Å². The Kier molecular flexibility index (Phi) is 3.73. The molecule has 2 aromatic heterocycles. The van der Waals surface area contributed by atoms with Crippen molar-refractivity contribution in [3.63, 3.8) is 0 Å². The molecule has 1 saturated carbocycles. The molecule has 1 aliphatic heterocycles. The van der Waals surface area contributed by atoms with Crippen molar-refractivity contribution in [1.82, 2.24) is 15.4 Å². The van der Waals surface area contributed by atoms with Crippen LogP contribution in [0, 0.1) is 13.8 Å². The van der Waals surface area contributed by atoms with Crippen molar-refractivity contribution >= 4 is 17.2 Å². The Morgan fingerprint density at radius 1 is 1.48 bits per heavy atom. The van der Waals surface area contributed by atoms with E-state index in [-0.39, 0.29) is 5.91 Å². The highest BCUT2D eigenvalue weighted by molar-refractivity contribution is 7.10. The number of nitrogens with one attached hydrogen (secondary N) is 1. The Labute approximate surface area is 139 Å². The van der Waals surface area contributed by atoms with Gasteiger partial charge in [0.15, 0.2) is 0 Å². The molecule has 0 radical (unpaired) electrons. The average molecular weight is 331 g/mol. The number of thiophene rings is 1. The summed E-state index contributed by atoms with van der Waals surface area (Å²) in [6, 6.07) is 0.415. The van der Waals surface area contributed by atoms with Crippen molar-refractivity contribution in [2.45, 2.75) is 52.2 Å². The van der Waals surface area contributed by atoms with Gasteiger partial charge in [0.2, 0.25) is 0 Å². The maximum atomic E-state index is 12.3. The van der Waals surface area contributed by atoms with E-state index in [1.807, 2.05) is 19.2 Å². The van der Waals surface area contributed by atoms with E-state index in [0.717, 1.165) is 55.9 Å². The minimum absolute atomic E-state index is 0.115. The number of carbonyl (C=O) groups excluding carboxylic acids is 1. The summed E-state index contributed by atoms with van der Waals surface area (Å²) in [4.78, 5) is 16.1. The number of hydrogen-bond donors (Lipinski definition) is 1. The van der Waals surface area contributed by atoms with Gasteiger partial charge in [-0.25, -0.2) is 0 Å². The molecule has 0 atom stereocenters. The molecule has 0 bridgehead atoms. The predicted octanol–water partition coefficient (Wildman–Crippen LogP) is 2.80. The Morgan fingerprint density at radius 2 is 2.30 bits per heavy atom. The highest BCUT2D eigenvalue weighted by Gasteiger charge is 2.28. The summed E-state index contributed by atoms with van der Waals surface area (Å²) in [5, 5.41) is 9.17. The Bertz CT molecular complexity index is 726. The second-order valence-corrected chi connectivity index (χ2v) is 7.53. The van der Waals surface area contributed by atoms with Crippen LogP contribution < -0.4 is 5.32 Å². The third kappa shape index (κ3) is 2.93. The number of rotatable bonds is 4. The number of hydrogen-bond acceptors (Lipinski definition) is 5. The number of aromatic nitrogens is 1. The summed E-state index contributed by atoms with van der Waals surface area (Å²) >= 11 is 1.71. The maximum Gasteiger partial charge on any atom is 0.252 e. The van der Waals surface area contributed by atoms with Crippen molar-refractivity contribution in [2.75, 3.05) is 6.54 Å². The number of carbonyl (C=O) groups is 1. The van der Waals surface area contributed by atoms with E-state index < -0.39 is 0 Å². The van der Waals surface area contributed by atoms with Gasteiger partial charge in [0, 0.05) is 41.5 Å². The fourth-order valence-corrected chi connectivity index (χ4v) is 4.27. The van der Waals surface area contributed by atoms with E-state index in [0.29, 0.717) is 6.04 Å². The lowest BCUT2D eigenvalue weighted by Crippen LogP contribution is -2.31. The second kappa shape index (κ2) is 5.76. The summed E-state index contributed by atoms with van der Waals surface area (Å²) in [5.74, 6) is 1.02. The van der Waals surface area contributed by atoms with E-state index in [4.69, 9.17) is 4.52 Å². The van der Waals surface area contributed by atoms with E-state index in [1.54, 1.807) is 11.3 Å². The molecule has 6 heteroatoms. The molecule has 1 fully saturated rings. The second-order valence-electron chi connectivity index (χ2n) is 6.56. The molecule has 4 rings (SSSR count). The topological polar surface area (TPSA) is 58.4 Å². The van der Waals surface area contributed by atoms with Gasteiger partial charge in [-0.15, -0.1) is 11.3 Å². The molecular formula is C17H21N3O2S. The van der Waals surface area contributed by atoms with Gasteiger partial charge in [-0.2, -0.15) is 0 Å². The minimum Gasteiger partial charge on any atom is -0.361 e. The molecule has 0 saturated heterocycles. The first-order valence-electron chi connectivity index (χ1n) is 8.16. The first kappa shape index (κ1) is 14.9. The van der Waals surface area contributed by atoms with Crippen LogP contribution >= 0.6 is 11.3 Å². The standard InChI is InChI=1S/C17H21N3O2S/c1-10-14(11(2)22-19-10)7-20-6-5-13-15(9-23-16(13)8-20)17(21)18-12-3-4-12/h9,12H,3-8H2,1-2H3,(H,18,21). The normalized spacial score (nSPS) is 18.0. The SMILES string of the molecule is Cc1noc(C)c1CN1CCc2c(C(=O)NC3CC3)csc2C1. The van der Waals surface area contributed by atoms with Gasteiger partial charge in [0.1, 0.15) is 5.76 Å². The van der Waals surface area contributed by atoms with Crippen molar-refractivity contribution in [2.24, 2.45) is 0 Å². The molecule has 2 aliphatic rings. The highest BCUT2D eigenvalue weighted by atomic mass is 32.1. The molecule has 5 nitrogen and oxygen atoms in total. The molecular weight excluding hydrogens is 310 g/mol. The van der Waals surface area contributed by atoms with Crippen molar-refractivity contribution in [3.05, 3.63) is 38.4 Å². The molecule has 0 unspecified atom stereocenters. The zero-order valence-corrected chi connectivity index (χ0v) is 14.3. The van der Waals surface area contributed by atoms with Gasteiger partial charge in [-0.3, -0.25) is 9.69 Å². The molecule has 122 valence electrons. The summed E-state index contributed by atoms with van der Waals surface area (Å²) in [6.45, 7) is 6.70. The zero-order valence-electron chi connectivity index (χ0n) is 13.5. The van der Waals surface area contributed by atoms with Crippen LogP contribution in [0.5, 0.6) is 0 Å². The van der Waals surface area contributed by atoms with Crippen LogP contribution in [0.3, 0.4) is 0 Å². The molecule has 0 spiro atoms. The summed E-state index contributed by atoms with van der Waals surface area (Å²) < 4.78 is 5.26. The number of nitrogens with zero attached hydrogens (tertiary/aromatic N) is 2. The molecule has 1 amide bonds. The molecule has 1 N–H and O–H groups in total. The monoisotopic (exact) mass is 331 g/mol. The van der Waals surface area contributed by atoms with Crippen molar-refractivity contribution < 1.29 is 9.32 Å². The lowest BCUT2D eigenvalue weighted by Gasteiger charge is -2.27. The largest absolute Gasteiger partial charge is 0.361 e. The highest BCUT2D eigenvalue weighted by Crippen LogP contribution is 2.31. The van der Waals surface area contributed by atoms with Crippen LogP contribution in [-0.4, -0.2) is 28.6 Å². The van der Waals surface area contributed by atoms with Gasteiger partial charge in [-0.1, -0.05) is 5.16 Å². The Hall–Kier alpha value is -1.66. The van der Waals surface area contributed by atoms with Crippen molar-refractivity contribution in [3.8, 4) is 0 Å². The Balaban J connectivity index is 1.47. The van der Waals surface area contributed by atoms with Gasteiger partial charge in [0.25, 0.3) is 5.91 Å². The molecule has 23 heavy (non-hydrogen) atoms. The van der Waals surface area contributed by atoms with Gasteiger partial charge >= 0.3 is 0 Å². The quantitative estimate of drug-likeness (QED) is 0.936. The summed E-state index contributed by atoms with van der Waals surface area (Å²) in [7, 11) is 0. The number of fused-ring (bicyclic) bond motifs is 1. The van der Waals surface area contributed by atoms with E-state index in [9.17, 15) is 4.79 Å². The first-order chi connectivity index (χ1) is 11.1. The summed E-state index contributed by atoms with van der Waals surface area (Å²) in [6.07, 6.45) is 3.20. The van der Waals surface area contributed by atoms with Crippen LogP contribution in [0.1, 0.15) is 50.7 Å². The van der Waals surface area contributed by atoms with Gasteiger partial charge in [0.05, 0.1) is 11.3 Å². The van der Waals surface area contributed by atoms with Gasteiger partial charge in [-0.05, 0) is 38.7 Å². The van der Waals surface area contributed by atoms with Crippen LogP contribution in [0.2, 0.25) is 0 Å². The molecule has 3 heterocycles. The van der Waals surface area contributed by atoms with Crippen LogP contribution in [-0.2, 0) is 19.5 Å². The fraction of sp³-hybridized carbons (Fsp3) is 0.529. The number of aryl methyl sites for hydroxylation is 2. The van der Waals surface area contributed by atoms with E-state index >= 15 is 0 Å². The lowest BCUT2D eigenvalue weighted by molar-refractivity contribution is 0.0949. The van der Waals surface area contributed by atoms with E-state index in [1.165, 1.54) is 16.0 Å². The first-order valence-corrected chi connectivity index (χ1v) is 9.04. The minimum atomic E-state index is 0.115. The smallest absolute Gasteiger partial charge is 0.252 e. The molecule has 2 aromatic rings. The van der Waals surface area contributed by atoms with Gasteiger partial charge < -0.3 is 9.84 Å².